The van der Waals surface area contributed by atoms with Crippen molar-refractivity contribution in [1.29, 1.82) is 0 Å². The van der Waals surface area contributed by atoms with Crippen LogP contribution in [0, 0.1) is 20.8 Å². The lowest BCUT2D eigenvalue weighted by Gasteiger charge is -2.26. The van der Waals surface area contributed by atoms with E-state index >= 15 is 0 Å². The quantitative estimate of drug-likeness (QED) is 0.329. The van der Waals surface area contributed by atoms with Crippen LogP contribution in [0.25, 0.3) is 11.0 Å². The van der Waals surface area contributed by atoms with Gasteiger partial charge in [-0.3, -0.25) is 14.5 Å². The molecule has 1 aliphatic rings. The van der Waals surface area contributed by atoms with Crippen LogP contribution >= 0.6 is 23.2 Å². The highest BCUT2D eigenvalue weighted by Crippen LogP contribution is 2.42. The molecule has 1 atom stereocenters. The summed E-state index contributed by atoms with van der Waals surface area (Å²) in [6.45, 7) is 5.91. The first-order valence-electron chi connectivity index (χ1n) is 10.2. The number of anilines is 1. The molecular weight excluding hydrogens is 445 g/mol. The van der Waals surface area contributed by atoms with Crippen molar-refractivity contribution >= 4 is 45.8 Å². The number of carbonyl (C=O) groups excluding carboxylic acids is 1. The van der Waals surface area contributed by atoms with Gasteiger partial charge in [0, 0.05) is 5.69 Å². The summed E-state index contributed by atoms with van der Waals surface area (Å²) in [7, 11) is 0. The second-order valence-electron chi connectivity index (χ2n) is 8.19. The zero-order valence-corrected chi connectivity index (χ0v) is 19.2. The second kappa shape index (κ2) is 7.51. The van der Waals surface area contributed by atoms with Crippen molar-refractivity contribution in [2.24, 2.45) is 0 Å². The van der Waals surface area contributed by atoms with Gasteiger partial charge in [0.2, 0.25) is 5.76 Å². The van der Waals surface area contributed by atoms with E-state index in [1.54, 1.807) is 35.2 Å². The number of carbonyl (C=O) groups is 1. The summed E-state index contributed by atoms with van der Waals surface area (Å²) in [4.78, 5) is 28.9. The number of amides is 1. The van der Waals surface area contributed by atoms with Crippen LogP contribution in [0.15, 0.2) is 63.8 Å². The number of hydrogen-bond acceptors (Lipinski definition) is 3. The number of fused-ring (bicyclic) bond motifs is 2. The topological polar surface area (TPSA) is 50.5 Å². The zero-order chi connectivity index (χ0) is 22.7. The second-order valence-corrected chi connectivity index (χ2v) is 9.01. The predicted molar refractivity (Wildman–Crippen MR) is 128 cm³/mol. The molecule has 0 spiro atoms. The number of hydrogen-bond donors (Lipinski definition) is 0. The van der Waals surface area contributed by atoms with E-state index in [1.165, 1.54) is 0 Å². The van der Waals surface area contributed by atoms with Gasteiger partial charge in [-0.05, 0) is 73.9 Å². The van der Waals surface area contributed by atoms with Crippen molar-refractivity contribution in [2.75, 3.05) is 4.90 Å². The molecule has 0 bridgehead atoms. The SMILES string of the molecule is Cc1ccc2oc3c(c(=O)c2c1)C(c1ccc(Cl)c(Cl)c1)N(c1ccc(C)c(C)c1)C3=O. The molecule has 1 amide bonds. The standard InChI is InChI=1S/C26H19Cl2NO3/c1-13-4-9-21-18(10-13)24(30)22-23(16-6-8-19(27)20(28)12-16)29(26(31)25(22)32-21)17-7-5-14(2)15(3)11-17/h4-12,23H,1-3H3. The van der Waals surface area contributed by atoms with Crippen molar-refractivity contribution in [3.63, 3.8) is 0 Å². The molecule has 0 fully saturated rings. The third-order valence-electron chi connectivity index (χ3n) is 6.05. The molecule has 4 nitrogen and oxygen atoms in total. The molecule has 0 aliphatic carbocycles. The van der Waals surface area contributed by atoms with E-state index < -0.39 is 6.04 Å². The van der Waals surface area contributed by atoms with Crippen LogP contribution in [0.5, 0.6) is 0 Å². The molecule has 4 aromatic rings. The first-order chi connectivity index (χ1) is 15.3. The van der Waals surface area contributed by atoms with E-state index in [-0.39, 0.29) is 17.1 Å². The van der Waals surface area contributed by atoms with Crippen LogP contribution in [0.3, 0.4) is 0 Å². The van der Waals surface area contributed by atoms with Crippen LogP contribution in [0.2, 0.25) is 10.0 Å². The number of nitrogens with zero attached hydrogens (tertiary/aromatic N) is 1. The van der Waals surface area contributed by atoms with Gasteiger partial charge in [-0.1, -0.05) is 47.0 Å². The normalized spacial score (nSPS) is 15.5. The molecule has 0 saturated heterocycles. The Bertz CT molecular complexity index is 1490. The van der Waals surface area contributed by atoms with E-state index in [2.05, 4.69) is 0 Å². The Hall–Kier alpha value is -3.08. The highest BCUT2D eigenvalue weighted by molar-refractivity contribution is 6.42. The molecule has 160 valence electrons. The summed E-state index contributed by atoms with van der Waals surface area (Å²) in [5.41, 5.74) is 4.93. The highest BCUT2D eigenvalue weighted by atomic mass is 35.5. The molecule has 32 heavy (non-hydrogen) atoms. The molecule has 1 unspecified atom stereocenters. The summed E-state index contributed by atoms with van der Waals surface area (Å²) < 4.78 is 6.01. The first-order valence-corrected chi connectivity index (χ1v) is 10.9. The van der Waals surface area contributed by atoms with Gasteiger partial charge in [0.25, 0.3) is 5.91 Å². The smallest absolute Gasteiger partial charge is 0.295 e. The molecule has 5 rings (SSSR count). The number of rotatable bonds is 2. The minimum Gasteiger partial charge on any atom is -0.450 e. The summed E-state index contributed by atoms with van der Waals surface area (Å²) in [6.07, 6.45) is 0. The molecule has 0 N–H and O–H groups in total. The van der Waals surface area contributed by atoms with Crippen molar-refractivity contribution < 1.29 is 9.21 Å². The van der Waals surface area contributed by atoms with Gasteiger partial charge in [0.05, 0.1) is 27.0 Å². The Morgan fingerprint density at radius 1 is 0.844 bits per heavy atom. The van der Waals surface area contributed by atoms with E-state index in [1.807, 2.05) is 45.0 Å². The fourth-order valence-corrected chi connectivity index (χ4v) is 4.53. The van der Waals surface area contributed by atoms with Gasteiger partial charge in [-0.2, -0.15) is 0 Å². The molecule has 0 saturated carbocycles. The summed E-state index contributed by atoms with van der Waals surface area (Å²) in [6, 6.07) is 15.6. The Balaban J connectivity index is 1.83. The molecule has 3 aromatic carbocycles. The maximum atomic E-state index is 13.7. The number of benzene rings is 3. The van der Waals surface area contributed by atoms with Gasteiger partial charge in [0.15, 0.2) is 5.43 Å². The van der Waals surface area contributed by atoms with Crippen molar-refractivity contribution in [3.05, 3.63) is 108 Å². The average Bonchev–Trinajstić information content (AvgIpc) is 3.05. The van der Waals surface area contributed by atoms with Gasteiger partial charge < -0.3 is 4.42 Å². The molecular formula is C26H19Cl2NO3. The fourth-order valence-electron chi connectivity index (χ4n) is 4.23. The maximum absolute atomic E-state index is 13.7. The fraction of sp³-hybridized carbons (Fsp3) is 0.154. The lowest BCUT2D eigenvalue weighted by molar-refractivity contribution is 0.0971. The van der Waals surface area contributed by atoms with Crippen LogP contribution in [0.4, 0.5) is 5.69 Å². The highest BCUT2D eigenvalue weighted by Gasteiger charge is 2.43. The van der Waals surface area contributed by atoms with Gasteiger partial charge in [0.1, 0.15) is 5.58 Å². The zero-order valence-electron chi connectivity index (χ0n) is 17.7. The monoisotopic (exact) mass is 463 g/mol. The third-order valence-corrected chi connectivity index (χ3v) is 6.79. The minimum atomic E-state index is -0.685. The van der Waals surface area contributed by atoms with Crippen molar-refractivity contribution in [1.82, 2.24) is 0 Å². The summed E-state index contributed by atoms with van der Waals surface area (Å²) in [5, 5.41) is 1.20. The van der Waals surface area contributed by atoms with Gasteiger partial charge in [-0.15, -0.1) is 0 Å². The third kappa shape index (κ3) is 3.14. The Labute approximate surface area is 195 Å². The predicted octanol–water partition coefficient (Wildman–Crippen LogP) is 6.77. The molecule has 6 heteroatoms. The molecule has 0 radical (unpaired) electrons. The van der Waals surface area contributed by atoms with E-state index in [9.17, 15) is 9.59 Å². The summed E-state index contributed by atoms with van der Waals surface area (Å²) >= 11 is 12.5. The van der Waals surface area contributed by atoms with E-state index in [0.717, 1.165) is 16.7 Å². The van der Waals surface area contributed by atoms with Gasteiger partial charge in [-0.25, -0.2) is 0 Å². The average molecular weight is 464 g/mol. The van der Waals surface area contributed by atoms with E-state index in [4.69, 9.17) is 27.6 Å². The number of aryl methyl sites for hydroxylation is 3. The number of halogens is 2. The van der Waals surface area contributed by atoms with Crippen LogP contribution in [-0.4, -0.2) is 5.91 Å². The Kier molecular flexibility index (Phi) is 4.88. The molecule has 1 aromatic heterocycles. The lowest BCUT2D eigenvalue weighted by Crippen LogP contribution is -2.29. The Morgan fingerprint density at radius 2 is 1.62 bits per heavy atom. The van der Waals surface area contributed by atoms with Crippen LogP contribution < -0.4 is 10.3 Å². The van der Waals surface area contributed by atoms with Crippen molar-refractivity contribution in [2.45, 2.75) is 26.8 Å². The Morgan fingerprint density at radius 3 is 2.34 bits per heavy atom. The van der Waals surface area contributed by atoms with Crippen LogP contribution in [-0.2, 0) is 0 Å². The van der Waals surface area contributed by atoms with Crippen molar-refractivity contribution in [3.8, 4) is 0 Å². The van der Waals surface area contributed by atoms with Gasteiger partial charge >= 0.3 is 0 Å². The lowest BCUT2D eigenvalue weighted by atomic mass is 9.97. The molecule has 2 heterocycles. The molecule has 1 aliphatic heterocycles. The van der Waals surface area contributed by atoms with Crippen LogP contribution in [0.1, 0.15) is 44.4 Å². The minimum absolute atomic E-state index is 0.0562. The summed E-state index contributed by atoms with van der Waals surface area (Å²) in [5.74, 6) is -0.306. The largest absolute Gasteiger partial charge is 0.450 e. The van der Waals surface area contributed by atoms with E-state index in [0.29, 0.717) is 37.8 Å². The first kappa shape index (κ1) is 20.8. The maximum Gasteiger partial charge on any atom is 0.295 e.